The molecule has 0 spiro atoms. The molecule has 34 heavy (non-hydrogen) atoms. The zero-order valence-corrected chi connectivity index (χ0v) is 24.5. The first-order valence-corrected chi connectivity index (χ1v) is 14.9. The predicted octanol–water partition coefficient (Wildman–Crippen LogP) is 11.1. The lowest BCUT2D eigenvalue weighted by atomic mass is 9.75. The van der Waals surface area contributed by atoms with Gasteiger partial charge in [-0.15, -0.1) is 0 Å². The maximum absolute atomic E-state index is 11.2. The van der Waals surface area contributed by atoms with Crippen molar-refractivity contribution in [3.63, 3.8) is 0 Å². The third-order valence-corrected chi connectivity index (χ3v) is 7.47. The van der Waals surface area contributed by atoms with Crippen molar-refractivity contribution in [2.24, 2.45) is 0 Å². The molecular weight excluding hydrogens is 412 g/mol. The quantitative estimate of drug-likeness (QED) is 0.223. The van der Waals surface area contributed by atoms with Crippen molar-refractivity contribution in [3.05, 3.63) is 28.3 Å². The van der Waals surface area contributed by atoms with Crippen molar-refractivity contribution < 1.29 is 5.11 Å². The van der Waals surface area contributed by atoms with E-state index in [9.17, 15) is 5.11 Å². The van der Waals surface area contributed by atoms with Crippen LogP contribution >= 0.6 is 0 Å². The fourth-order valence-electron chi connectivity index (χ4n) is 5.40. The summed E-state index contributed by atoms with van der Waals surface area (Å²) in [7, 11) is 0. The van der Waals surface area contributed by atoms with E-state index in [2.05, 4.69) is 61.5 Å². The molecular formula is C33H60O. The zero-order valence-electron chi connectivity index (χ0n) is 24.5. The molecule has 198 valence electrons. The van der Waals surface area contributed by atoms with Crippen molar-refractivity contribution in [2.45, 2.75) is 175 Å². The van der Waals surface area contributed by atoms with Crippen LogP contribution in [0.2, 0.25) is 0 Å². The Kier molecular flexibility index (Phi) is 14.5. The molecule has 0 aliphatic heterocycles. The highest BCUT2D eigenvalue weighted by Crippen LogP contribution is 2.42. The van der Waals surface area contributed by atoms with Gasteiger partial charge < -0.3 is 5.11 Å². The first-order valence-electron chi connectivity index (χ1n) is 14.9. The maximum atomic E-state index is 11.2. The Morgan fingerprint density at radius 2 is 0.971 bits per heavy atom. The lowest BCUT2D eigenvalue weighted by Crippen LogP contribution is -2.20. The van der Waals surface area contributed by atoms with E-state index in [4.69, 9.17) is 0 Å². The van der Waals surface area contributed by atoms with Crippen LogP contribution in [-0.2, 0) is 17.3 Å². The molecule has 1 nitrogen and oxygen atoms in total. The van der Waals surface area contributed by atoms with Crippen LogP contribution in [0.5, 0.6) is 5.75 Å². The summed E-state index contributed by atoms with van der Waals surface area (Å²) in [6.07, 6.45) is 23.6. The molecule has 0 aliphatic rings. The predicted molar refractivity (Wildman–Crippen MR) is 153 cm³/mol. The molecule has 0 aromatic heterocycles. The highest BCUT2D eigenvalue weighted by atomic mass is 16.3. The minimum atomic E-state index is -0.0412. The summed E-state index contributed by atoms with van der Waals surface area (Å²) >= 11 is 0. The van der Waals surface area contributed by atoms with E-state index in [0.29, 0.717) is 5.75 Å². The monoisotopic (exact) mass is 472 g/mol. The number of hydrogen-bond donors (Lipinski definition) is 1. The summed E-state index contributed by atoms with van der Waals surface area (Å²) in [5.74, 6) is 0.539. The molecule has 1 aromatic carbocycles. The van der Waals surface area contributed by atoms with Crippen LogP contribution in [-0.4, -0.2) is 5.11 Å². The number of aromatic hydroxyl groups is 1. The number of phenols is 1. The molecule has 0 radical (unpaired) electrons. The van der Waals surface area contributed by atoms with Gasteiger partial charge in [-0.1, -0.05) is 151 Å². The first-order chi connectivity index (χ1) is 16.0. The SMILES string of the molecule is CCCCCCCCCCCCCCCCCCc1c(C)cc(C(C)(C)C)c(O)c1C(C)(C)C. The Morgan fingerprint density at radius 1 is 0.588 bits per heavy atom. The van der Waals surface area contributed by atoms with Gasteiger partial charge in [-0.2, -0.15) is 0 Å². The Hall–Kier alpha value is -0.980. The second-order valence-corrected chi connectivity index (χ2v) is 13.0. The van der Waals surface area contributed by atoms with Crippen molar-refractivity contribution in [1.82, 2.24) is 0 Å². The van der Waals surface area contributed by atoms with Gasteiger partial charge in [-0.25, -0.2) is 0 Å². The molecule has 1 N–H and O–H groups in total. The molecule has 0 amide bonds. The van der Waals surface area contributed by atoms with Gasteiger partial charge in [-0.3, -0.25) is 0 Å². The fraction of sp³-hybridized carbons (Fsp3) is 0.818. The molecule has 1 rings (SSSR count). The lowest BCUT2D eigenvalue weighted by Gasteiger charge is -2.31. The molecule has 0 aliphatic carbocycles. The topological polar surface area (TPSA) is 20.2 Å². The molecule has 1 aromatic rings. The van der Waals surface area contributed by atoms with Crippen LogP contribution in [0.4, 0.5) is 0 Å². The van der Waals surface area contributed by atoms with E-state index in [-0.39, 0.29) is 10.8 Å². The lowest BCUT2D eigenvalue weighted by molar-refractivity contribution is 0.420. The molecule has 0 saturated carbocycles. The average Bonchev–Trinajstić information content (AvgIpc) is 2.73. The second-order valence-electron chi connectivity index (χ2n) is 13.0. The molecule has 0 atom stereocenters. The van der Waals surface area contributed by atoms with Gasteiger partial charge in [0.05, 0.1) is 0 Å². The van der Waals surface area contributed by atoms with E-state index < -0.39 is 0 Å². The number of phenolic OH excluding ortho intramolecular Hbond substituents is 1. The smallest absolute Gasteiger partial charge is 0.123 e. The number of hydrogen-bond acceptors (Lipinski definition) is 1. The highest BCUT2D eigenvalue weighted by molar-refractivity contribution is 5.54. The van der Waals surface area contributed by atoms with Crippen LogP contribution in [0.15, 0.2) is 6.07 Å². The number of benzene rings is 1. The van der Waals surface area contributed by atoms with Gasteiger partial charge >= 0.3 is 0 Å². The van der Waals surface area contributed by atoms with E-state index in [0.717, 1.165) is 12.0 Å². The van der Waals surface area contributed by atoms with Crippen molar-refractivity contribution in [2.75, 3.05) is 0 Å². The summed E-state index contributed by atoms with van der Waals surface area (Å²) in [5, 5.41) is 11.2. The Balaban J connectivity index is 2.28. The van der Waals surface area contributed by atoms with Crippen LogP contribution in [0.25, 0.3) is 0 Å². The van der Waals surface area contributed by atoms with E-state index in [1.807, 2.05) is 0 Å². The molecule has 0 bridgehead atoms. The fourth-order valence-corrected chi connectivity index (χ4v) is 5.40. The minimum Gasteiger partial charge on any atom is -0.507 e. The normalized spacial score (nSPS) is 12.5. The molecule has 0 fully saturated rings. The Bertz CT molecular complexity index is 671. The van der Waals surface area contributed by atoms with Gasteiger partial charge in [0.1, 0.15) is 5.75 Å². The van der Waals surface area contributed by atoms with Crippen molar-refractivity contribution >= 4 is 0 Å². The maximum Gasteiger partial charge on any atom is 0.123 e. The third kappa shape index (κ3) is 11.6. The number of rotatable bonds is 17. The molecule has 1 heteroatoms. The van der Waals surface area contributed by atoms with Crippen molar-refractivity contribution in [1.29, 1.82) is 0 Å². The minimum absolute atomic E-state index is 0.0401. The van der Waals surface area contributed by atoms with Gasteiger partial charge in [0.25, 0.3) is 0 Å². The summed E-state index contributed by atoms with van der Waals surface area (Å²) < 4.78 is 0. The first kappa shape index (κ1) is 31.1. The number of unbranched alkanes of at least 4 members (excludes halogenated alkanes) is 15. The molecule has 0 unspecified atom stereocenters. The Morgan fingerprint density at radius 3 is 1.32 bits per heavy atom. The van der Waals surface area contributed by atoms with Gasteiger partial charge in [0.2, 0.25) is 0 Å². The van der Waals surface area contributed by atoms with Crippen LogP contribution < -0.4 is 0 Å². The van der Waals surface area contributed by atoms with E-state index in [1.54, 1.807) is 0 Å². The highest BCUT2D eigenvalue weighted by Gasteiger charge is 2.29. The largest absolute Gasteiger partial charge is 0.507 e. The van der Waals surface area contributed by atoms with Gasteiger partial charge in [-0.05, 0) is 47.3 Å². The van der Waals surface area contributed by atoms with Crippen LogP contribution in [0.1, 0.15) is 173 Å². The van der Waals surface area contributed by atoms with E-state index in [1.165, 1.54) is 119 Å². The van der Waals surface area contributed by atoms with Gasteiger partial charge in [0.15, 0.2) is 0 Å². The Labute approximate surface area is 214 Å². The second kappa shape index (κ2) is 15.9. The van der Waals surface area contributed by atoms with E-state index >= 15 is 0 Å². The summed E-state index contributed by atoms with van der Waals surface area (Å²) in [5.41, 5.74) is 4.93. The molecule has 0 saturated heterocycles. The van der Waals surface area contributed by atoms with Crippen LogP contribution in [0.3, 0.4) is 0 Å². The standard InChI is InChI=1S/C33H60O/c1-9-10-11-12-13-14-15-16-17-18-19-20-21-22-23-24-25-28-27(2)26-29(32(3,4)5)31(34)30(28)33(6,7)8/h26,34H,9-25H2,1-8H3. The van der Waals surface area contributed by atoms with Crippen molar-refractivity contribution in [3.8, 4) is 5.75 Å². The van der Waals surface area contributed by atoms with Crippen LogP contribution in [0, 0.1) is 6.92 Å². The summed E-state index contributed by atoms with van der Waals surface area (Å²) in [4.78, 5) is 0. The van der Waals surface area contributed by atoms with Gasteiger partial charge in [0, 0.05) is 5.56 Å². The summed E-state index contributed by atoms with van der Waals surface area (Å²) in [6.45, 7) is 17.9. The summed E-state index contributed by atoms with van der Waals surface area (Å²) in [6, 6.07) is 2.24. The number of aryl methyl sites for hydroxylation is 1. The zero-order chi connectivity index (χ0) is 25.6. The third-order valence-electron chi connectivity index (χ3n) is 7.47. The average molecular weight is 473 g/mol. The molecule has 0 heterocycles.